The summed E-state index contributed by atoms with van der Waals surface area (Å²) < 4.78 is 3.28. The van der Waals surface area contributed by atoms with Gasteiger partial charge in [-0.1, -0.05) is 36.9 Å². The van der Waals surface area contributed by atoms with Gasteiger partial charge in [-0.05, 0) is 25.5 Å². The van der Waals surface area contributed by atoms with Crippen LogP contribution in [0.15, 0.2) is 52.8 Å². The van der Waals surface area contributed by atoms with Gasteiger partial charge in [0.05, 0.1) is 23.0 Å². The number of carbonyl (C=O) groups is 1. The SMILES string of the molecule is CC[C@@H](Sc1ncnc2nc[nH]c12)C(=O)Nc1c(C)n(C)n(-c2ccccc2)c1=O. The topological polar surface area (TPSA) is 110 Å². The normalized spacial score (nSPS) is 12.2. The molecule has 1 aromatic carbocycles. The van der Waals surface area contributed by atoms with Crippen LogP contribution in [-0.2, 0) is 11.8 Å². The Bertz CT molecular complexity index is 1260. The number of hydrogen-bond donors (Lipinski definition) is 2. The van der Waals surface area contributed by atoms with E-state index in [9.17, 15) is 9.59 Å². The maximum Gasteiger partial charge on any atom is 0.295 e. The van der Waals surface area contributed by atoms with Crippen molar-refractivity contribution in [2.75, 3.05) is 5.32 Å². The van der Waals surface area contributed by atoms with E-state index in [1.807, 2.05) is 44.2 Å². The fourth-order valence-electron chi connectivity index (χ4n) is 3.21. The number of H-pyrrole nitrogens is 1. The molecular formula is C20H21N7O2S. The molecule has 0 fully saturated rings. The first-order chi connectivity index (χ1) is 14.5. The number of thioether (sulfide) groups is 1. The van der Waals surface area contributed by atoms with Gasteiger partial charge in [0.25, 0.3) is 5.56 Å². The average molecular weight is 424 g/mol. The van der Waals surface area contributed by atoms with E-state index >= 15 is 0 Å². The second-order valence-electron chi connectivity index (χ2n) is 6.72. The molecule has 1 amide bonds. The number of carbonyl (C=O) groups excluding carboxylic acids is 1. The monoisotopic (exact) mass is 423 g/mol. The lowest BCUT2D eigenvalue weighted by Crippen LogP contribution is -2.28. The molecule has 154 valence electrons. The predicted octanol–water partition coefficient (Wildman–Crippen LogP) is 2.66. The van der Waals surface area contributed by atoms with Gasteiger partial charge in [-0.2, -0.15) is 0 Å². The van der Waals surface area contributed by atoms with Crippen molar-refractivity contribution in [2.45, 2.75) is 30.5 Å². The Balaban J connectivity index is 1.61. The molecular weight excluding hydrogens is 402 g/mol. The van der Waals surface area contributed by atoms with Crippen LogP contribution in [0.4, 0.5) is 5.69 Å². The lowest BCUT2D eigenvalue weighted by atomic mass is 10.3. The molecule has 9 nitrogen and oxygen atoms in total. The molecule has 10 heteroatoms. The molecule has 0 radical (unpaired) electrons. The van der Waals surface area contributed by atoms with Crippen molar-refractivity contribution in [2.24, 2.45) is 7.05 Å². The Labute approximate surface area is 176 Å². The van der Waals surface area contributed by atoms with Gasteiger partial charge < -0.3 is 10.3 Å². The number of imidazole rings is 1. The van der Waals surface area contributed by atoms with E-state index < -0.39 is 5.25 Å². The van der Waals surface area contributed by atoms with E-state index in [0.717, 1.165) is 5.69 Å². The quantitative estimate of drug-likeness (QED) is 0.364. The molecule has 4 aromatic rings. The third-order valence-electron chi connectivity index (χ3n) is 4.91. The molecule has 0 aliphatic heterocycles. The molecule has 0 bridgehead atoms. The molecule has 0 aliphatic rings. The van der Waals surface area contributed by atoms with Gasteiger partial charge in [0.15, 0.2) is 5.65 Å². The lowest BCUT2D eigenvalue weighted by molar-refractivity contribution is -0.115. The Morgan fingerprint density at radius 1 is 1.23 bits per heavy atom. The Hall–Kier alpha value is -3.40. The largest absolute Gasteiger partial charge is 0.341 e. The highest BCUT2D eigenvalue weighted by molar-refractivity contribution is 8.00. The summed E-state index contributed by atoms with van der Waals surface area (Å²) in [6.07, 6.45) is 3.54. The number of nitrogens with zero attached hydrogens (tertiary/aromatic N) is 5. The van der Waals surface area contributed by atoms with Gasteiger partial charge in [0.1, 0.15) is 22.6 Å². The van der Waals surface area contributed by atoms with Crippen molar-refractivity contribution in [1.29, 1.82) is 0 Å². The molecule has 0 saturated heterocycles. The van der Waals surface area contributed by atoms with Crippen LogP contribution in [0.3, 0.4) is 0 Å². The minimum atomic E-state index is -0.435. The number of benzene rings is 1. The molecule has 4 rings (SSSR count). The van der Waals surface area contributed by atoms with E-state index in [2.05, 4.69) is 25.3 Å². The van der Waals surface area contributed by atoms with Gasteiger partial charge in [-0.25, -0.2) is 19.6 Å². The highest BCUT2D eigenvalue weighted by Crippen LogP contribution is 2.28. The summed E-state index contributed by atoms with van der Waals surface area (Å²) in [7, 11) is 1.79. The highest BCUT2D eigenvalue weighted by Gasteiger charge is 2.24. The van der Waals surface area contributed by atoms with Crippen LogP contribution in [0.1, 0.15) is 19.0 Å². The van der Waals surface area contributed by atoms with E-state index in [1.54, 1.807) is 18.1 Å². The van der Waals surface area contributed by atoms with Gasteiger partial charge in [-0.15, -0.1) is 0 Å². The third kappa shape index (κ3) is 3.50. The number of nitrogens with one attached hydrogen (secondary N) is 2. The molecule has 0 spiro atoms. The lowest BCUT2D eigenvalue weighted by Gasteiger charge is -2.13. The number of aromatic nitrogens is 6. The van der Waals surface area contributed by atoms with Crippen molar-refractivity contribution in [3.63, 3.8) is 0 Å². The van der Waals surface area contributed by atoms with Crippen molar-refractivity contribution < 1.29 is 4.79 Å². The van der Waals surface area contributed by atoms with Crippen LogP contribution in [0.25, 0.3) is 16.9 Å². The van der Waals surface area contributed by atoms with Crippen molar-refractivity contribution in [1.82, 2.24) is 29.3 Å². The summed E-state index contributed by atoms with van der Waals surface area (Å²) in [5, 5.41) is 3.05. The highest BCUT2D eigenvalue weighted by atomic mass is 32.2. The first-order valence-electron chi connectivity index (χ1n) is 9.46. The number of hydrogen-bond acceptors (Lipinski definition) is 6. The van der Waals surface area contributed by atoms with Crippen LogP contribution in [0, 0.1) is 6.92 Å². The van der Waals surface area contributed by atoms with E-state index in [4.69, 9.17) is 0 Å². The van der Waals surface area contributed by atoms with Crippen molar-refractivity contribution in [3.05, 3.63) is 59.0 Å². The first-order valence-corrected chi connectivity index (χ1v) is 10.3. The summed E-state index contributed by atoms with van der Waals surface area (Å²) in [4.78, 5) is 41.6. The average Bonchev–Trinajstić information content (AvgIpc) is 3.32. The zero-order valence-corrected chi connectivity index (χ0v) is 17.6. The van der Waals surface area contributed by atoms with Crippen LogP contribution in [0.5, 0.6) is 0 Å². The van der Waals surface area contributed by atoms with Gasteiger partial charge in [-0.3, -0.25) is 14.3 Å². The van der Waals surface area contributed by atoms with Crippen molar-refractivity contribution >= 4 is 34.5 Å². The van der Waals surface area contributed by atoms with Crippen LogP contribution < -0.4 is 10.9 Å². The molecule has 3 heterocycles. The molecule has 1 atom stereocenters. The predicted molar refractivity (Wildman–Crippen MR) is 116 cm³/mol. The molecule has 3 aromatic heterocycles. The molecule has 0 unspecified atom stereocenters. The van der Waals surface area contributed by atoms with Crippen LogP contribution >= 0.6 is 11.8 Å². The fourth-order valence-corrected chi connectivity index (χ4v) is 4.18. The van der Waals surface area contributed by atoms with Crippen molar-refractivity contribution in [3.8, 4) is 5.69 Å². The first kappa shape index (κ1) is 19.9. The molecule has 0 aliphatic carbocycles. The summed E-state index contributed by atoms with van der Waals surface area (Å²) in [6.45, 7) is 3.73. The number of anilines is 1. The van der Waals surface area contributed by atoms with E-state index in [1.165, 1.54) is 22.8 Å². The number of rotatable bonds is 6. The maximum atomic E-state index is 13.0. The minimum absolute atomic E-state index is 0.250. The third-order valence-corrected chi connectivity index (χ3v) is 6.27. The van der Waals surface area contributed by atoms with E-state index in [0.29, 0.717) is 28.3 Å². The minimum Gasteiger partial charge on any atom is -0.341 e. The number of aromatic amines is 1. The van der Waals surface area contributed by atoms with Crippen LogP contribution in [-0.4, -0.2) is 40.5 Å². The number of fused-ring (bicyclic) bond motifs is 1. The zero-order chi connectivity index (χ0) is 21.3. The van der Waals surface area contributed by atoms with Gasteiger partial charge >= 0.3 is 0 Å². The Morgan fingerprint density at radius 2 is 2.00 bits per heavy atom. The Morgan fingerprint density at radius 3 is 2.73 bits per heavy atom. The maximum absolute atomic E-state index is 13.0. The summed E-state index contributed by atoms with van der Waals surface area (Å²) >= 11 is 1.32. The summed E-state index contributed by atoms with van der Waals surface area (Å²) in [6, 6.07) is 9.32. The second kappa shape index (κ2) is 8.15. The molecule has 0 saturated carbocycles. The Kier molecular flexibility index (Phi) is 5.40. The van der Waals surface area contributed by atoms with Crippen LogP contribution in [0.2, 0.25) is 0 Å². The summed E-state index contributed by atoms with van der Waals surface area (Å²) in [5.41, 5.74) is 2.66. The smallest absolute Gasteiger partial charge is 0.295 e. The van der Waals surface area contributed by atoms with Gasteiger partial charge in [0, 0.05) is 7.05 Å². The fraction of sp³-hybridized carbons (Fsp3) is 0.250. The summed E-state index contributed by atoms with van der Waals surface area (Å²) in [5.74, 6) is -0.250. The zero-order valence-electron chi connectivity index (χ0n) is 16.8. The molecule has 2 N–H and O–H groups in total. The second-order valence-corrected chi connectivity index (χ2v) is 7.91. The van der Waals surface area contributed by atoms with E-state index in [-0.39, 0.29) is 17.2 Å². The standard InChI is InChI=1S/C20H21N7O2S/c1-4-14(30-19-16-17(22-10-21-16)23-11-24-19)18(28)25-15-12(2)26(3)27(20(15)29)13-8-6-5-7-9-13/h5-11,14H,4H2,1-3H3,(H,25,28)(H,21,22,23,24)/t14-/m1/s1. The number of amides is 1. The van der Waals surface area contributed by atoms with Gasteiger partial charge in [0.2, 0.25) is 5.91 Å². The molecule has 30 heavy (non-hydrogen) atoms. The number of para-hydroxylation sites is 1.